The molecule has 4 atom stereocenters. The van der Waals surface area contributed by atoms with Gasteiger partial charge in [0.15, 0.2) is 6.29 Å². The molecule has 5 aromatic rings. The second kappa shape index (κ2) is 17.7. The number of hydrogen-bond donors (Lipinski definition) is 3. The van der Waals surface area contributed by atoms with Crippen molar-refractivity contribution in [2.45, 2.75) is 45.1 Å². The zero-order chi connectivity index (χ0) is 38.1. The molecule has 55 heavy (non-hydrogen) atoms. The van der Waals surface area contributed by atoms with Crippen LogP contribution in [0.4, 0.5) is 16.2 Å². The number of ether oxygens (including phenoxy) is 2. The van der Waals surface area contributed by atoms with Gasteiger partial charge in [0.2, 0.25) is 0 Å². The third-order valence-corrected chi connectivity index (χ3v) is 10.5. The molecule has 2 aliphatic rings. The van der Waals surface area contributed by atoms with Crippen molar-refractivity contribution in [2.75, 3.05) is 37.6 Å². The van der Waals surface area contributed by atoms with Crippen LogP contribution in [0.3, 0.4) is 0 Å². The molecule has 2 fully saturated rings. The van der Waals surface area contributed by atoms with Gasteiger partial charge < -0.3 is 30.1 Å². The standard InChI is InChI=1S/C44H47N5O6/c1-31-41(29-47-21-23-48(24-22-47)39-17-19-40(20-18-39)49(52)53)54-43(55-42(31)35-15-13-33(30-50)14-16-35)38-12-6-11-37(26-38)36-10-5-9-34(25-36)28-46-44(51)45-27-32-7-3-2-4-8-32/h2-20,25-26,31,41-43,50H,21-24,27-30H2,1H3,(H2,45,46,51)/t31-,41+,42+,43+/m1/s1. The van der Waals surface area contributed by atoms with Crippen LogP contribution in [0.2, 0.25) is 0 Å². The maximum atomic E-state index is 12.5. The number of piperazine rings is 1. The summed E-state index contributed by atoms with van der Waals surface area (Å²) in [7, 11) is 0. The topological polar surface area (TPSA) is 129 Å². The quantitative estimate of drug-likeness (QED) is 0.0894. The molecule has 2 heterocycles. The average molecular weight is 742 g/mol. The molecule has 0 saturated carbocycles. The minimum atomic E-state index is -0.608. The highest BCUT2D eigenvalue weighted by atomic mass is 16.7. The average Bonchev–Trinajstić information content (AvgIpc) is 3.24. The van der Waals surface area contributed by atoms with Crippen LogP contribution in [0.25, 0.3) is 11.1 Å². The Labute approximate surface area is 321 Å². The predicted molar refractivity (Wildman–Crippen MR) is 212 cm³/mol. The number of aliphatic hydroxyl groups is 1. The third-order valence-electron chi connectivity index (χ3n) is 10.5. The molecule has 2 saturated heterocycles. The fraction of sp³-hybridized carbons (Fsp3) is 0.295. The maximum Gasteiger partial charge on any atom is 0.315 e. The van der Waals surface area contributed by atoms with Crippen molar-refractivity contribution in [3.63, 3.8) is 0 Å². The van der Waals surface area contributed by atoms with E-state index < -0.39 is 6.29 Å². The van der Waals surface area contributed by atoms with Crippen LogP contribution in [0.15, 0.2) is 127 Å². The first-order valence-electron chi connectivity index (χ1n) is 18.8. The Hall–Kier alpha value is -5.59. The largest absolute Gasteiger partial charge is 0.392 e. The zero-order valence-electron chi connectivity index (χ0n) is 30.9. The molecule has 0 aliphatic carbocycles. The number of hydrogen-bond acceptors (Lipinski definition) is 8. The minimum Gasteiger partial charge on any atom is -0.392 e. The SMILES string of the molecule is C[C@@H]1[C@H](CN2CCN(c3ccc([N+](=O)[O-])cc3)CC2)O[C@H](c2cccc(-c3cccc(CNC(=O)NCc4ccccc4)c3)c2)O[C@@H]1c1ccc(CO)cc1. The van der Waals surface area contributed by atoms with E-state index in [9.17, 15) is 20.0 Å². The lowest BCUT2D eigenvalue weighted by Gasteiger charge is -2.44. The number of amides is 2. The van der Waals surface area contributed by atoms with Crippen molar-refractivity contribution in [3.05, 3.63) is 165 Å². The lowest BCUT2D eigenvalue weighted by atomic mass is 9.89. The van der Waals surface area contributed by atoms with E-state index in [0.29, 0.717) is 13.1 Å². The number of benzene rings is 5. The van der Waals surface area contributed by atoms with Gasteiger partial charge >= 0.3 is 6.03 Å². The van der Waals surface area contributed by atoms with E-state index in [-0.39, 0.29) is 41.4 Å². The van der Waals surface area contributed by atoms with Crippen LogP contribution >= 0.6 is 0 Å². The monoisotopic (exact) mass is 741 g/mol. The highest BCUT2D eigenvalue weighted by Gasteiger charge is 2.39. The zero-order valence-corrected chi connectivity index (χ0v) is 30.9. The number of anilines is 1. The number of rotatable bonds is 12. The smallest absolute Gasteiger partial charge is 0.315 e. The van der Waals surface area contributed by atoms with Crippen LogP contribution in [-0.4, -0.2) is 59.8 Å². The van der Waals surface area contributed by atoms with Crippen molar-refractivity contribution < 1.29 is 24.3 Å². The van der Waals surface area contributed by atoms with Gasteiger partial charge in [-0.3, -0.25) is 15.0 Å². The summed E-state index contributed by atoms with van der Waals surface area (Å²) in [5, 5.41) is 26.7. The van der Waals surface area contributed by atoms with Gasteiger partial charge in [-0.25, -0.2) is 4.79 Å². The summed E-state index contributed by atoms with van der Waals surface area (Å²) in [6.45, 7) is 7.01. The summed E-state index contributed by atoms with van der Waals surface area (Å²) >= 11 is 0. The molecule has 284 valence electrons. The molecule has 3 N–H and O–H groups in total. The normalized spacial score (nSPS) is 20.1. The molecule has 0 bridgehead atoms. The van der Waals surface area contributed by atoms with Crippen LogP contribution in [0.1, 0.15) is 47.1 Å². The maximum absolute atomic E-state index is 12.5. The number of nitrogens with zero attached hydrogens (tertiary/aromatic N) is 3. The lowest BCUT2D eigenvalue weighted by molar-refractivity contribution is -0.384. The van der Waals surface area contributed by atoms with E-state index in [1.54, 1.807) is 12.1 Å². The van der Waals surface area contributed by atoms with Crippen molar-refractivity contribution in [1.82, 2.24) is 15.5 Å². The molecule has 0 unspecified atom stereocenters. The molecule has 0 spiro atoms. The molecule has 11 heteroatoms. The number of nitrogens with one attached hydrogen (secondary N) is 2. The van der Waals surface area contributed by atoms with E-state index in [0.717, 1.165) is 77.4 Å². The molecule has 5 aromatic carbocycles. The number of carbonyl (C=O) groups excluding carboxylic acids is 1. The summed E-state index contributed by atoms with van der Waals surface area (Å²) < 4.78 is 13.6. The molecule has 7 rings (SSSR count). The Kier molecular flexibility index (Phi) is 12.1. The summed E-state index contributed by atoms with van der Waals surface area (Å²) in [5.74, 6) is 0.0428. The second-order valence-corrected chi connectivity index (χ2v) is 14.2. The predicted octanol–water partition coefficient (Wildman–Crippen LogP) is 7.37. The Morgan fingerprint density at radius 2 is 1.40 bits per heavy atom. The number of nitro benzene ring substituents is 1. The molecular weight excluding hydrogens is 695 g/mol. The first kappa shape index (κ1) is 37.7. The van der Waals surface area contributed by atoms with Gasteiger partial charge in [0.25, 0.3) is 5.69 Å². The van der Waals surface area contributed by atoms with Crippen molar-refractivity contribution >= 4 is 17.4 Å². The van der Waals surface area contributed by atoms with Crippen LogP contribution in [0.5, 0.6) is 0 Å². The Morgan fingerprint density at radius 3 is 2.09 bits per heavy atom. The Balaban J connectivity index is 1.04. The van der Waals surface area contributed by atoms with Gasteiger partial charge in [-0.05, 0) is 57.6 Å². The van der Waals surface area contributed by atoms with Crippen molar-refractivity contribution in [2.24, 2.45) is 5.92 Å². The highest BCUT2D eigenvalue weighted by Crippen LogP contribution is 2.42. The molecule has 0 aromatic heterocycles. The number of aliphatic hydroxyl groups excluding tert-OH is 1. The molecular formula is C44H47N5O6. The van der Waals surface area contributed by atoms with Gasteiger partial charge in [-0.15, -0.1) is 0 Å². The fourth-order valence-corrected chi connectivity index (χ4v) is 7.31. The number of nitro groups is 1. The Bertz CT molecular complexity index is 2040. The summed E-state index contributed by atoms with van der Waals surface area (Å²) in [4.78, 5) is 28.0. The van der Waals surface area contributed by atoms with Gasteiger partial charge in [0.05, 0.1) is 23.7 Å². The summed E-state index contributed by atoms with van der Waals surface area (Å²) in [6, 6.07) is 40.7. The first-order valence-corrected chi connectivity index (χ1v) is 18.8. The third kappa shape index (κ3) is 9.56. The molecule has 0 radical (unpaired) electrons. The molecule has 11 nitrogen and oxygen atoms in total. The molecule has 2 aliphatic heterocycles. The van der Waals surface area contributed by atoms with E-state index >= 15 is 0 Å². The summed E-state index contributed by atoms with van der Waals surface area (Å²) in [6.07, 6.45) is -0.967. The second-order valence-electron chi connectivity index (χ2n) is 14.2. The molecule has 2 amide bonds. The van der Waals surface area contributed by atoms with Crippen LogP contribution in [-0.2, 0) is 29.2 Å². The number of urea groups is 1. The van der Waals surface area contributed by atoms with Gasteiger partial charge in [0.1, 0.15) is 0 Å². The van der Waals surface area contributed by atoms with Gasteiger partial charge in [-0.2, -0.15) is 0 Å². The van der Waals surface area contributed by atoms with Gasteiger partial charge in [-0.1, -0.05) is 97.9 Å². The van der Waals surface area contributed by atoms with Crippen molar-refractivity contribution in [1.29, 1.82) is 0 Å². The van der Waals surface area contributed by atoms with E-state index in [4.69, 9.17) is 9.47 Å². The summed E-state index contributed by atoms with van der Waals surface area (Å²) in [5.41, 5.74) is 7.94. The Morgan fingerprint density at radius 1 is 0.745 bits per heavy atom. The van der Waals surface area contributed by atoms with E-state index in [1.165, 1.54) is 0 Å². The fourth-order valence-electron chi connectivity index (χ4n) is 7.31. The van der Waals surface area contributed by atoms with Crippen LogP contribution < -0.4 is 15.5 Å². The van der Waals surface area contributed by atoms with Crippen LogP contribution in [0, 0.1) is 16.0 Å². The lowest BCUT2D eigenvalue weighted by Crippen LogP contribution is -2.51. The van der Waals surface area contributed by atoms with Crippen molar-refractivity contribution in [3.8, 4) is 11.1 Å². The van der Waals surface area contributed by atoms with E-state index in [1.807, 2.05) is 91.0 Å². The van der Waals surface area contributed by atoms with Gasteiger partial charge in [0, 0.05) is 75.1 Å². The number of carbonyl (C=O) groups is 1. The minimum absolute atomic E-state index is 0.0208. The highest BCUT2D eigenvalue weighted by molar-refractivity contribution is 5.74. The first-order chi connectivity index (χ1) is 26.8. The van der Waals surface area contributed by atoms with E-state index in [2.05, 4.69) is 51.6 Å². The number of non-ortho nitro benzene ring substituents is 1.